The molecule has 0 spiro atoms. The topological polar surface area (TPSA) is 18.5 Å². The second kappa shape index (κ2) is 6.01. The summed E-state index contributed by atoms with van der Waals surface area (Å²) < 4.78 is 10.3. The third kappa shape index (κ3) is 3.44. The molecular weight excluding hydrogens is 148 g/mol. The molecule has 0 aromatic heterocycles. The Kier molecular flexibility index (Phi) is 6.17. The zero-order valence-corrected chi connectivity index (χ0v) is 7.73. The van der Waals surface area contributed by atoms with E-state index in [4.69, 9.17) is 9.47 Å². The van der Waals surface area contributed by atoms with Gasteiger partial charge in [0.25, 0.3) is 0 Å². The Balaban J connectivity index is 0.000000371. The van der Waals surface area contributed by atoms with Crippen molar-refractivity contribution in [3.8, 4) is 0 Å². The summed E-state index contributed by atoms with van der Waals surface area (Å²) in [6.07, 6.45) is 0.145. The minimum absolute atomic E-state index is 0.0243. The molecule has 0 radical (unpaired) electrons. The van der Waals surface area contributed by atoms with Crippen LogP contribution in [0.3, 0.4) is 0 Å². The smallest absolute Gasteiger partial charge is 0.126 e. The van der Waals surface area contributed by atoms with E-state index in [0.29, 0.717) is 13.2 Å². The minimum Gasteiger partial charge on any atom is -0.373 e. The third-order valence-corrected chi connectivity index (χ3v) is 1.72. The standard InChI is InChI=1S/C5H10O2S.C2H6/c1-4-5(8)7-3-2-6-4;1-2/h4-5,8H,2-3H2,1H3;1-2H3. The summed E-state index contributed by atoms with van der Waals surface area (Å²) in [5.74, 6) is 0. The van der Waals surface area contributed by atoms with Gasteiger partial charge >= 0.3 is 0 Å². The molecule has 10 heavy (non-hydrogen) atoms. The Labute approximate surface area is 68.3 Å². The van der Waals surface area contributed by atoms with Crippen molar-refractivity contribution in [3.63, 3.8) is 0 Å². The summed E-state index contributed by atoms with van der Waals surface area (Å²) in [4.78, 5) is 0. The van der Waals surface area contributed by atoms with Gasteiger partial charge in [0.2, 0.25) is 0 Å². The lowest BCUT2D eigenvalue weighted by molar-refractivity contribution is -0.0949. The molecular formula is C7H16O2S. The van der Waals surface area contributed by atoms with Gasteiger partial charge in [-0.3, -0.25) is 0 Å². The fraction of sp³-hybridized carbons (Fsp3) is 1.00. The first-order chi connectivity index (χ1) is 4.80. The lowest BCUT2D eigenvalue weighted by atomic mass is 10.4. The summed E-state index contributed by atoms with van der Waals surface area (Å²) in [7, 11) is 0. The van der Waals surface area contributed by atoms with Gasteiger partial charge in [-0.15, -0.1) is 12.6 Å². The molecule has 62 valence electrons. The Bertz CT molecular complexity index is 68.0. The Morgan fingerprint density at radius 2 is 1.70 bits per heavy atom. The largest absolute Gasteiger partial charge is 0.373 e. The highest BCUT2D eigenvalue weighted by Gasteiger charge is 2.17. The van der Waals surface area contributed by atoms with E-state index in [-0.39, 0.29) is 11.5 Å². The van der Waals surface area contributed by atoms with Gasteiger partial charge in [0.15, 0.2) is 0 Å². The summed E-state index contributed by atoms with van der Waals surface area (Å²) in [5, 5.41) is 0. The van der Waals surface area contributed by atoms with Crippen LogP contribution in [0.4, 0.5) is 0 Å². The second-order valence-corrected chi connectivity index (χ2v) is 2.35. The normalized spacial score (nSPS) is 32.4. The zero-order chi connectivity index (χ0) is 7.98. The van der Waals surface area contributed by atoms with E-state index in [1.165, 1.54) is 0 Å². The van der Waals surface area contributed by atoms with Crippen molar-refractivity contribution in [2.45, 2.75) is 32.3 Å². The first-order valence-electron chi connectivity index (χ1n) is 3.72. The third-order valence-electron chi connectivity index (χ3n) is 1.15. The quantitative estimate of drug-likeness (QED) is 0.549. The van der Waals surface area contributed by atoms with E-state index in [9.17, 15) is 0 Å². The molecule has 0 amide bonds. The van der Waals surface area contributed by atoms with Gasteiger partial charge in [0.05, 0.1) is 19.3 Å². The van der Waals surface area contributed by atoms with Crippen LogP contribution in [0, 0.1) is 0 Å². The van der Waals surface area contributed by atoms with Crippen LogP contribution in [0.5, 0.6) is 0 Å². The molecule has 1 heterocycles. The molecule has 1 aliphatic heterocycles. The molecule has 0 bridgehead atoms. The molecule has 1 rings (SSSR count). The predicted octanol–water partition coefficient (Wildman–Crippen LogP) is 1.70. The maximum Gasteiger partial charge on any atom is 0.126 e. The van der Waals surface area contributed by atoms with E-state index in [2.05, 4.69) is 12.6 Å². The van der Waals surface area contributed by atoms with Crippen LogP contribution in [-0.4, -0.2) is 24.8 Å². The van der Waals surface area contributed by atoms with Gasteiger partial charge in [-0.05, 0) is 6.92 Å². The van der Waals surface area contributed by atoms with Gasteiger partial charge in [0, 0.05) is 0 Å². The molecule has 3 heteroatoms. The average Bonchev–Trinajstić information content (AvgIpc) is 2.00. The molecule has 0 saturated carbocycles. The Morgan fingerprint density at radius 3 is 2.00 bits per heavy atom. The molecule has 2 atom stereocenters. The fourth-order valence-corrected chi connectivity index (χ4v) is 0.812. The summed E-state index contributed by atoms with van der Waals surface area (Å²) >= 11 is 4.11. The van der Waals surface area contributed by atoms with Gasteiger partial charge in [-0.2, -0.15) is 0 Å². The molecule has 2 unspecified atom stereocenters. The molecule has 2 nitrogen and oxygen atoms in total. The van der Waals surface area contributed by atoms with E-state index in [1.807, 2.05) is 20.8 Å². The van der Waals surface area contributed by atoms with Crippen molar-refractivity contribution in [3.05, 3.63) is 0 Å². The van der Waals surface area contributed by atoms with Crippen molar-refractivity contribution < 1.29 is 9.47 Å². The summed E-state index contributed by atoms with van der Waals surface area (Å²) in [6, 6.07) is 0. The number of rotatable bonds is 0. The van der Waals surface area contributed by atoms with Gasteiger partial charge in [-0.1, -0.05) is 13.8 Å². The molecule has 1 aliphatic rings. The molecule has 0 aliphatic carbocycles. The Hall–Kier alpha value is 0.270. The van der Waals surface area contributed by atoms with Crippen molar-refractivity contribution in [1.29, 1.82) is 0 Å². The van der Waals surface area contributed by atoms with Gasteiger partial charge in [0.1, 0.15) is 5.44 Å². The molecule has 1 fully saturated rings. The maximum atomic E-state index is 5.19. The zero-order valence-electron chi connectivity index (χ0n) is 6.83. The molecule has 0 aromatic rings. The van der Waals surface area contributed by atoms with Crippen molar-refractivity contribution in [1.82, 2.24) is 0 Å². The molecule has 0 N–H and O–H groups in total. The number of hydrogen-bond acceptors (Lipinski definition) is 3. The van der Waals surface area contributed by atoms with Crippen LogP contribution in [0.15, 0.2) is 0 Å². The Morgan fingerprint density at radius 1 is 1.20 bits per heavy atom. The van der Waals surface area contributed by atoms with Crippen LogP contribution in [-0.2, 0) is 9.47 Å². The number of thiol groups is 1. The van der Waals surface area contributed by atoms with Crippen LogP contribution >= 0.6 is 12.6 Å². The first kappa shape index (κ1) is 10.3. The fourth-order valence-electron chi connectivity index (χ4n) is 0.621. The van der Waals surface area contributed by atoms with Crippen LogP contribution < -0.4 is 0 Å². The summed E-state index contributed by atoms with van der Waals surface area (Å²) in [5.41, 5.74) is -0.0243. The van der Waals surface area contributed by atoms with E-state index in [0.717, 1.165) is 0 Å². The molecule has 1 saturated heterocycles. The number of ether oxygens (including phenoxy) is 2. The van der Waals surface area contributed by atoms with Crippen LogP contribution in [0.2, 0.25) is 0 Å². The first-order valence-corrected chi connectivity index (χ1v) is 4.23. The minimum atomic E-state index is -0.0243. The maximum absolute atomic E-state index is 5.19. The van der Waals surface area contributed by atoms with Crippen LogP contribution in [0.1, 0.15) is 20.8 Å². The van der Waals surface area contributed by atoms with E-state index < -0.39 is 0 Å². The lowest BCUT2D eigenvalue weighted by Gasteiger charge is -2.25. The van der Waals surface area contributed by atoms with Crippen molar-refractivity contribution in [2.24, 2.45) is 0 Å². The highest BCUT2D eigenvalue weighted by atomic mass is 32.1. The summed E-state index contributed by atoms with van der Waals surface area (Å²) in [6.45, 7) is 7.34. The number of hydrogen-bond donors (Lipinski definition) is 1. The average molecular weight is 164 g/mol. The predicted molar refractivity (Wildman–Crippen MR) is 45.5 cm³/mol. The monoisotopic (exact) mass is 164 g/mol. The van der Waals surface area contributed by atoms with Gasteiger partial charge < -0.3 is 9.47 Å². The van der Waals surface area contributed by atoms with E-state index >= 15 is 0 Å². The lowest BCUT2D eigenvalue weighted by Crippen LogP contribution is -2.32. The highest BCUT2D eigenvalue weighted by molar-refractivity contribution is 7.80. The SMILES string of the molecule is CC.CC1OCCOC1S. The van der Waals surface area contributed by atoms with Crippen molar-refractivity contribution in [2.75, 3.05) is 13.2 Å². The second-order valence-electron chi connectivity index (χ2n) is 1.84. The van der Waals surface area contributed by atoms with E-state index in [1.54, 1.807) is 0 Å². The highest BCUT2D eigenvalue weighted by Crippen LogP contribution is 2.11. The van der Waals surface area contributed by atoms with Crippen molar-refractivity contribution >= 4 is 12.6 Å². The molecule has 0 aromatic carbocycles. The van der Waals surface area contributed by atoms with Crippen LogP contribution in [0.25, 0.3) is 0 Å². The van der Waals surface area contributed by atoms with Gasteiger partial charge in [-0.25, -0.2) is 0 Å².